The van der Waals surface area contributed by atoms with Crippen LogP contribution in [0.1, 0.15) is 12.8 Å². The lowest BCUT2D eigenvalue weighted by Gasteiger charge is -2.18. The molecule has 1 aromatic carbocycles. The van der Waals surface area contributed by atoms with Crippen molar-refractivity contribution in [3.8, 4) is 0 Å². The molecule has 0 aliphatic carbocycles. The van der Waals surface area contributed by atoms with Crippen molar-refractivity contribution in [2.24, 2.45) is 0 Å². The number of hydrogen-bond donors (Lipinski definition) is 1. The van der Waals surface area contributed by atoms with E-state index < -0.39 is 0 Å². The number of hydrogen-bond acceptors (Lipinski definition) is 3. The van der Waals surface area contributed by atoms with Gasteiger partial charge in [0.25, 0.3) is 0 Å². The molecule has 1 N–H and O–H groups in total. The maximum Gasteiger partial charge on any atom is 0.0597 e. The Balaban J connectivity index is 2.53. The molecular formula is C13H21BrN2S. The summed E-state index contributed by atoms with van der Waals surface area (Å²) in [5.74, 6) is 1.25. The summed E-state index contributed by atoms with van der Waals surface area (Å²) in [4.78, 5) is 2.14. The van der Waals surface area contributed by atoms with Crippen LogP contribution in [0.3, 0.4) is 0 Å². The molecule has 0 fully saturated rings. The first-order valence-electron chi connectivity index (χ1n) is 5.85. The quantitative estimate of drug-likeness (QED) is 0.763. The van der Waals surface area contributed by atoms with Gasteiger partial charge in [0.2, 0.25) is 0 Å². The van der Waals surface area contributed by atoms with E-state index in [9.17, 15) is 0 Å². The van der Waals surface area contributed by atoms with Gasteiger partial charge >= 0.3 is 0 Å². The molecule has 0 aromatic heterocycles. The van der Waals surface area contributed by atoms with E-state index in [2.05, 4.69) is 64.7 Å². The second-order valence-corrected chi connectivity index (χ2v) is 6.08. The standard InChI is InChI=1S/C13H21BrN2S/c1-16(2)13-7-6-11(14)10-12(13)15-8-4-5-9-17-3/h6-7,10,15H,4-5,8-9H2,1-3H3. The van der Waals surface area contributed by atoms with Gasteiger partial charge in [0, 0.05) is 25.1 Å². The highest BCUT2D eigenvalue weighted by Gasteiger charge is 2.04. The smallest absolute Gasteiger partial charge is 0.0597 e. The Labute approximate surface area is 117 Å². The summed E-state index contributed by atoms with van der Waals surface area (Å²) in [6.07, 6.45) is 4.66. The van der Waals surface area contributed by atoms with Crippen LogP contribution in [0.4, 0.5) is 11.4 Å². The lowest BCUT2D eigenvalue weighted by Crippen LogP contribution is -2.12. The molecule has 0 unspecified atom stereocenters. The number of nitrogens with one attached hydrogen (secondary N) is 1. The maximum atomic E-state index is 3.52. The van der Waals surface area contributed by atoms with Gasteiger partial charge in [-0.2, -0.15) is 11.8 Å². The summed E-state index contributed by atoms with van der Waals surface area (Å²) in [6, 6.07) is 6.35. The fourth-order valence-electron chi connectivity index (χ4n) is 1.63. The van der Waals surface area contributed by atoms with E-state index in [1.165, 1.54) is 30.0 Å². The van der Waals surface area contributed by atoms with E-state index in [0.29, 0.717) is 0 Å². The molecule has 0 bridgehead atoms. The molecule has 1 aromatic rings. The minimum Gasteiger partial charge on any atom is -0.383 e. The first-order chi connectivity index (χ1) is 8.15. The Morgan fingerprint density at radius 3 is 2.71 bits per heavy atom. The van der Waals surface area contributed by atoms with Gasteiger partial charge < -0.3 is 10.2 Å². The van der Waals surface area contributed by atoms with Gasteiger partial charge in [-0.15, -0.1) is 0 Å². The third-order valence-corrected chi connectivity index (χ3v) is 3.72. The molecular weight excluding hydrogens is 296 g/mol. The SMILES string of the molecule is CSCCCCNc1cc(Br)ccc1N(C)C. The van der Waals surface area contributed by atoms with Gasteiger partial charge in [0.1, 0.15) is 0 Å². The first kappa shape index (κ1) is 14.7. The monoisotopic (exact) mass is 316 g/mol. The molecule has 4 heteroatoms. The summed E-state index contributed by atoms with van der Waals surface area (Å²) in [7, 11) is 4.14. The molecule has 0 saturated heterocycles. The van der Waals surface area contributed by atoms with Crippen molar-refractivity contribution in [2.45, 2.75) is 12.8 Å². The summed E-state index contributed by atoms with van der Waals surface area (Å²) in [5, 5.41) is 3.51. The van der Waals surface area contributed by atoms with Crippen LogP contribution in [0.5, 0.6) is 0 Å². The van der Waals surface area contributed by atoms with E-state index >= 15 is 0 Å². The number of thioether (sulfide) groups is 1. The highest BCUT2D eigenvalue weighted by Crippen LogP contribution is 2.27. The zero-order valence-corrected chi connectivity index (χ0v) is 13.2. The van der Waals surface area contributed by atoms with Crippen LogP contribution in [0, 0.1) is 0 Å². The van der Waals surface area contributed by atoms with Gasteiger partial charge in [0.15, 0.2) is 0 Å². The summed E-state index contributed by atoms with van der Waals surface area (Å²) in [5.41, 5.74) is 2.44. The minimum absolute atomic E-state index is 1.04. The van der Waals surface area contributed by atoms with E-state index in [-0.39, 0.29) is 0 Å². The van der Waals surface area contributed by atoms with Crippen LogP contribution in [-0.4, -0.2) is 32.6 Å². The van der Waals surface area contributed by atoms with Crippen LogP contribution >= 0.6 is 27.7 Å². The molecule has 0 heterocycles. The molecule has 17 heavy (non-hydrogen) atoms. The molecule has 0 aliphatic heterocycles. The van der Waals surface area contributed by atoms with Crippen molar-refractivity contribution < 1.29 is 0 Å². The molecule has 0 atom stereocenters. The lowest BCUT2D eigenvalue weighted by molar-refractivity contribution is 0.843. The van der Waals surface area contributed by atoms with Crippen molar-refractivity contribution in [3.63, 3.8) is 0 Å². The van der Waals surface area contributed by atoms with Crippen molar-refractivity contribution >= 4 is 39.1 Å². The van der Waals surface area contributed by atoms with E-state index in [1.54, 1.807) is 0 Å². The number of halogens is 1. The lowest BCUT2D eigenvalue weighted by atomic mass is 10.2. The number of anilines is 2. The number of unbranched alkanes of at least 4 members (excludes halogenated alkanes) is 1. The predicted molar refractivity (Wildman–Crippen MR) is 84.6 cm³/mol. The van der Waals surface area contributed by atoms with Gasteiger partial charge in [0.05, 0.1) is 11.4 Å². The van der Waals surface area contributed by atoms with Gasteiger partial charge in [-0.1, -0.05) is 15.9 Å². The van der Waals surface area contributed by atoms with Crippen molar-refractivity contribution in [3.05, 3.63) is 22.7 Å². The molecule has 0 saturated carbocycles. The zero-order chi connectivity index (χ0) is 12.7. The van der Waals surface area contributed by atoms with Crippen LogP contribution in [0.2, 0.25) is 0 Å². The van der Waals surface area contributed by atoms with E-state index in [0.717, 1.165) is 11.0 Å². The Morgan fingerprint density at radius 1 is 1.29 bits per heavy atom. The third-order valence-electron chi connectivity index (χ3n) is 2.53. The van der Waals surface area contributed by atoms with Gasteiger partial charge in [-0.05, 0) is 43.0 Å². The molecule has 96 valence electrons. The predicted octanol–water partition coefficient (Wildman–Crippen LogP) is 4.07. The highest BCUT2D eigenvalue weighted by molar-refractivity contribution is 9.10. The van der Waals surface area contributed by atoms with Crippen LogP contribution in [0.25, 0.3) is 0 Å². The van der Waals surface area contributed by atoms with Crippen molar-refractivity contribution in [1.29, 1.82) is 0 Å². The number of benzene rings is 1. The topological polar surface area (TPSA) is 15.3 Å². The average Bonchev–Trinajstić information content (AvgIpc) is 2.28. The molecule has 0 spiro atoms. The largest absolute Gasteiger partial charge is 0.383 e. The molecule has 0 radical (unpaired) electrons. The van der Waals surface area contributed by atoms with Crippen LogP contribution < -0.4 is 10.2 Å². The summed E-state index contributed by atoms with van der Waals surface area (Å²) < 4.78 is 1.12. The molecule has 0 aliphatic rings. The first-order valence-corrected chi connectivity index (χ1v) is 8.03. The molecule has 0 amide bonds. The van der Waals surface area contributed by atoms with Crippen molar-refractivity contribution in [1.82, 2.24) is 0 Å². The van der Waals surface area contributed by atoms with E-state index in [4.69, 9.17) is 0 Å². The Morgan fingerprint density at radius 2 is 2.06 bits per heavy atom. The highest BCUT2D eigenvalue weighted by atomic mass is 79.9. The number of rotatable bonds is 7. The Bertz CT molecular complexity index is 342. The van der Waals surface area contributed by atoms with Gasteiger partial charge in [-0.25, -0.2) is 0 Å². The van der Waals surface area contributed by atoms with Crippen molar-refractivity contribution in [2.75, 3.05) is 42.9 Å². The maximum absolute atomic E-state index is 3.52. The number of nitrogens with zero attached hydrogens (tertiary/aromatic N) is 1. The fraction of sp³-hybridized carbons (Fsp3) is 0.538. The Kier molecular flexibility index (Phi) is 6.82. The van der Waals surface area contributed by atoms with Crippen LogP contribution in [-0.2, 0) is 0 Å². The fourth-order valence-corrected chi connectivity index (χ4v) is 2.49. The molecule has 2 nitrogen and oxygen atoms in total. The Hall–Kier alpha value is -0.350. The average molecular weight is 317 g/mol. The normalized spacial score (nSPS) is 10.4. The second-order valence-electron chi connectivity index (χ2n) is 4.18. The van der Waals surface area contributed by atoms with Crippen LogP contribution in [0.15, 0.2) is 22.7 Å². The van der Waals surface area contributed by atoms with E-state index in [1.807, 2.05) is 11.8 Å². The minimum atomic E-state index is 1.04. The zero-order valence-electron chi connectivity index (χ0n) is 10.8. The second kappa shape index (κ2) is 7.88. The third kappa shape index (κ3) is 5.21. The van der Waals surface area contributed by atoms with Gasteiger partial charge in [-0.3, -0.25) is 0 Å². The molecule has 1 rings (SSSR count). The summed E-state index contributed by atoms with van der Waals surface area (Å²) >= 11 is 5.43. The summed E-state index contributed by atoms with van der Waals surface area (Å²) in [6.45, 7) is 1.04.